The summed E-state index contributed by atoms with van der Waals surface area (Å²) in [5.41, 5.74) is 0. The summed E-state index contributed by atoms with van der Waals surface area (Å²) in [5, 5.41) is 13.9. The minimum atomic E-state index is -4.84. The Bertz CT molecular complexity index is 508. The largest absolute Gasteiger partial charge is 1.00 e. The third-order valence-electron chi connectivity index (χ3n) is 4.85. The predicted molar refractivity (Wildman–Crippen MR) is 120 cm³/mol. The van der Waals surface area contributed by atoms with Crippen molar-refractivity contribution in [3.05, 3.63) is 6.92 Å². The van der Waals surface area contributed by atoms with E-state index in [2.05, 4.69) is 13.8 Å². The molecule has 180 valence electrons. The van der Waals surface area contributed by atoms with Crippen LogP contribution in [0.25, 0.3) is 0 Å². The Labute approximate surface area is 232 Å². The molecule has 0 radical (unpaired) electrons. The van der Waals surface area contributed by atoms with E-state index >= 15 is 0 Å². The van der Waals surface area contributed by atoms with Crippen molar-refractivity contribution in [3.63, 3.8) is 0 Å². The predicted octanol–water partition coefficient (Wildman–Crippen LogP) is 2.89. The van der Waals surface area contributed by atoms with Gasteiger partial charge in [0.1, 0.15) is 0 Å². The number of aliphatic carboxylic acids is 2. The Balaban J connectivity index is -0.000000528. The summed E-state index contributed by atoms with van der Waals surface area (Å²) in [6, 6.07) is 0. The average Bonchev–Trinajstić information content (AvgIpc) is 2.66. The zero-order valence-corrected chi connectivity index (χ0v) is 23.6. The molecule has 0 aromatic rings. The number of carboxylic acid groups (broad SMARTS) is 2. The summed E-state index contributed by atoms with van der Waals surface area (Å²) in [6.45, 7) is 6.18. The molecule has 0 aliphatic heterocycles. The van der Waals surface area contributed by atoms with Crippen LogP contribution in [0.1, 0.15) is 116 Å². The van der Waals surface area contributed by atoms with Gasteiger partial charge in [-0.05, 0) is 0 Å². The molecule has 3 N–H and O–H groups in total. The molecule has 0 aliphatic rings. The summed E-state index contributed by atoms with van der Waals surface area (Å²) in [7, 11) is -4.84. The Morgan fingerprint density at radius 2 is 1.06 bits per heavy atom. The standard InChI is InChI=1S/C18H37.C4H6O7S.K/c1-3-5-7-9-11-13-15-17-18-16-14-12-10-8-6-4-2;5-3(6)1-2(4(7)8)12(9,10)11;/h1,3-18H2,2H3;2H,1H2,(H,5,6)(H,7,8)(H,9,10,11);/q-1;;+1. The van der Waals surface area contributed by atoms with Crippen LogP contribution in [0.2, 0.25) is 0 Å². The maximum Gasteiger partial charge on any atom is 1.00 e. The fourth-order valence-corrected chi connectivity index (χ4v) is 3.63. The quantitative estimate of drug-likeness (QED) is 0.110. The minimum Gasteiger partial charge on any atom is -0.481 e. The van der Waals surface area contributed by atoms with Crippen LogP contribution in [0.3, 0.4) is 0 Å². The van der Waals surface area contributed by atoms with Crippen LogP contribution < -0.4 is 51.4 Å². The first-order chi connectivity index (χ1) is 14.2. The van der Waals surface area contributed by atoms with E-state index in [1.165, 1.54) is 96.3 Å². The first-order valence-corrected chi connectivity index (χ1v) is 12.9. The summed E-state index contributed by atoms with van der Waals surface area (Å²) in [4.78, 5) is 20.0. The van der Waals surface area contributed by atoms with Crippen molar-refractivity contribution in [3.8, 4) is 0 Å². The summed E-state index contributed by atoms with van der Waals surface area (Å²) >= 11 is 0. The Kier molecular flexibility index (Phi) is 29.2. The smallest absolute Gasteiger partial charge is 0.481 e. The fraction of sp³-hybridized carbons (Fsp3) is 0.864. The van der Waals surface area contributed by atoms with Crippen molar-refractivity contribution in [2.45, 2.75) is 121 Å². The van der Waals surface area contributed by atoms with Crippen molar-refractivity contribution in [1.82, 2.24) is 0 Å². The molecule has 0 aliphatic carbocycles. The second-order valence-corrected chi connectivity index (χ2v) is 9.34. The molecule has 1 atom stereocenters. The van der Waals surface area contributed by atoms with Crippen LogP contribution in [0.15, 0.2) is 0 Å². The number of unbranched alkanes of at least 4 members (excludes halogenated alkanes) is 15. The molecule has 1 unspecified atom stereocenters. The van der Waals surface area contributed by atoms with Gasteiger partial charge >= 0.3 is 63.3 Å². The molecule has 0 spiro atoms. The van der Waals surface area contributed by atoms with Crippen molar-refractivity contribution in [1.29, 1.82) is 0 Å². The van der Waals surface area contributed by atoms with Gasteiger partial charge in [-0.3, -0.25) is 14.1 Å². The van der Waals surface area contributed by atoms with E-state index in [-0.39, 0.29) is 51.4 Å². The molecule has 0 heterocycles. The first kappa shape index (κ1) is 36.1. The normalized spacial score (nSPS) is 11.7. The zero-order valence-electron chi connectivity index (χ0n) is 19.7. The van der Waals surface area contributed by atoms with Gasteiger partial charge in [0.05, 0.1) is 6.42 Å². The van der Waals surface area contributed by atoms with E-state index in [1.54, 1.807) is 0 Å². The summed E-state index contributed by atoms with van der Waals surface area (Å²) < 4.78 is 28.7. The molecular formula is C22H43KO7S. The van der Waals surface area contributed by atoms with Crippen LogP contribution in [-0.2, 0) is 19.7 Å². The molecule has 9 heteroatoms. The monoisotopic (exact) mass is 490 g/mol. The number of rotatable bonds is 19. The molecule has 0 aromatic carbocycles. The number of hydrogen-bond acceptors (Lipinski definition) is 4. The van der Waals surface area contributed by atoms with Gasteiger partial charge in [0.2, 0.25) is 0 Å². The van der Waals surface area contributed by atoms with Gasteiger partial charge in [-0.1, -0.05) is 103 Å². The first-order valence-electron chi connectivity index (χ1n) is 11.4. The number of hydrogen-bond donors (Lipinski definition) is 3. The Hall–Kier alpha value is 0.486. The third-order valence-corrected chi connectivity index (χ3v) is 5.94. The maximum absolute atomic E-state index is 10.2. The number of carboxylic acids is 2. The molecule has 0 saturated carbocycles. The average molecular weight is 491 g/mol. The molecule has 7 nitrogen and oxygen atoms in total. The topological polar surface area (TPSA) is 129 Å². The SMILES string of the molecule is O=C(O)CC(C(=O)O)S(=O)(=O)O.[CH2-]CCCCCCCCCCCCCCCCC.[K+]. The van der Waals surface area contributed by atoms with Crippen LogP contribution in [0.4, 0.5) is 0 Å². The third kappa shape index (κ3) is 28.5. The van der Waals surface area contributed by atoms with Crippen molar-refractivity contribution in [2.75, 3.05) is 0 Å². The van der Waals surface area contributed by atoms with E-state index in [0.29, 0.717) is 0 Å². The molecule has 0 bridgehead atoms. The Morgan fingerprint density at radius 1 is 0.742 bits per heavy atom. The van der Waals surface area contributed by atoms with E-state index in [1.807, 2.05) is 0 Å². The molecule has 0 aromatic heterocycles. The number of carbonyl (C=O) groups is 2. The fourth-order valence-electron chi connectivity index (χ4n) is 3.03. The van der Waals surface area contributed by atoms with Crippen LogP contribution in [0.5, 0.6) is 0 Å². The van der Waals surface area contributed by atoms with Crippen molar-refractivity contribution >= 4 is 22.1 Å². The zero-order chi connectivity index (χ0) is 23.3. The van der Waals surface area contributed by atoms with Crippen LogP contribution in [0, 0.1) is 6.92 Å². The molecule has 0 rings (SSSR count). The second kappa shape index (κ2) is 25.1. The van der Waals surface area contributed by atoms with Crippen LogP contribution in [-0.4, -0.2) is 40.4 Å². The summed E-state index contributed by atoms with van der Waals surface area (Å²) in [5.74, 6) is -3.50. The molecule has 0 fully saturated rings. The Morgan fingerprint density at radius 3 is 1.26 bits per heavy atom. The molecule has 31 heavy (non-hydrogen) atoms. The van der Waals surface area contributed by atoms with Gasteiger partial charge in [0.15, 0.2) is 5.25 Å². The van der Waals surface area contributed by atoms with Gasteiger partial charge in [0, 0.05) is 0 Å². The van der Waals surface area contributed by atoms with Gasteiger partial charge in [-0.15, -0.1) is 0 Å². The van der Waals surface area contributed by atoms with Crippen molar-refractivity contribution < 1.29 is 84.2 Å². The van der Waals surface area contributed by atoms with E-state index < -0.39 is 33.7 Å². The van der Waals surface area contributed by atoms with Gasteiger partial charge in [0.25, 0.3) is 10.1 Å². The molecular weight excluding hydrogens is 447 g/mol. The van der Waals surface area contributed by atoms with E-state index in [9.17, 15) is 18.0 Å². The second-order valence-electron chi connectivity index (χ2n) is 7.74. The van der Waals surface area contributed by atoms with E-state index in [0.717, 1.165) is 6.42 Å². The maximum atomic E-state index is 10.2. The van der Waals surface area contributed by atoms with Crippen LogP contribution >= 0.6 is 0 Å². The van der Waals surface area contributed by atoms with Gasteiger partial charge in [-0.25, -0.2) is 0 Å². The van der Waals surface area contributed by atoms with Gasteiger partial charge < -0.3 is 17.1 Å². The van der Waals surface area contributed by atoms with E-state index in [4.69, 9.17) is 14.8 Å². The van der Waals surface area contributed by atoms with Gasteiger partial charge in [-0.2, -0.15) is 14.8 Å². The molecule has 0 saturated heterocycles. The molecule has 0 amide bonds. The minimum absolute atomic E-state index is 0. The summed E-state index contributed by atoms with van der Waals surface area (Å²) in [6.07, 6.45) is 21.7. The van der Waals surface area contributed by atoms with Crippen molar-refractivity contribution in [2.24, 2.45) is 0 Å².